The van der Waals surface area contributed by atoms with Crippen molar-refractivity contribution in [3.63, 3.8) is 0 Å². The van der Waals surface area contributed by atoms with Crippen LogP contribution in [0.4, 0.5) is 0 Å². The molecule has 3 fully saturated rings. The van der Waals surface area contributed by atoms with Gasteiger partial charge in [0.05, 0.1) is 0 Å². The third-order valence-corrected chi connectivity index (χ3v) is 8.68. The average molecular weight is 496 g/mol. The molecule has 4 aliphatic rings. The quantitative estimate of drug-likeness (QED) is 0.505. The number of amides is 3. The maximum absolute atomic E-state index is 12.4. The summed E-state index contributed by atoms with van der Waals surface area (Å²) in [4.78, 5) is 36.3. The molecular formula is C30H45N3O3. The molecule has 3 saturated carbocycles. The van der Waals surface area contributed by atoms with Crippen molar-refractivity contribution in [2.45, 2.75) is 123 Å². The van der Waals surface area contributed by atoms with Crippen LogP contribution >= 0.6 is 0 Å². The van der Waals surface area contributed by atoms with Gasteiger partial charge < -0.3 is 10.2 Å². The molecule has 198 valence electrons. The second-order valence-electron chi connectivity index (χ2n) is 12.6. The van der Waals surface area contributed by atoms with Crippen LogP contribution in [0.3, 0.4) is 0 Å². The summed E-state index contributed by atoms with van der Waals surface area (Å²) in [5, 5.41) is 6.06. The van der Waals surface area contributed by atoms with Gasteiger partial charge in [-0.3, -0.25) is 19.7 Å². The van der Waals surface area contributed by atoms with Gasteiger partial charge in [-0.25, -0.2) is 0 Å². The molecule has 1 heterocycles. The average Bonchev–Trinajstić information content (AvgIpc) is 3.11. The lowest BCUT2D eigenvalue weighted by Gasteiger charge is -2.62. The number of imide groups is 1. The highest BCUT2D eigenvalue weighted by molar-refractivity contribution is 6.02. The largest absolute Gasteiger partial charge is 0.322 e. The van der Waals surface area contributed by atoms with E-state index >= 15 is 0 Å². The maximum Gasteiger partial charge on any atom is 0.255 e. The van der Waals surface area contributed by atoms with Crippen molar-refractivity contribution in [2.24, 2.45) is 10.8 Å². The highest BCUT2D eigenvalue weighted by atomic mass is 16.2. The van der Waals surface area contributed by atoms with Crippen LogP contribution in [-0.4, -0.2) is 41.2 Å². The van der Waals surface area contributed by atoms with E-state index in [1.165, 1.54) is 57.8 Å². The summed E-state index contributed by atoms with van der Waals surface area (Å²) in [6, 6.07) is 6.80. The van der Waals surface area contributed by atoms with Gasteiger partial charge in [-0.15, -0.1) is 0 Å². The highest BCUT2D eigenvalue weighted by Crippen LogP contribution is 2.64. The van der Waals surface area contributed by atoms with Gasteiger partial charge in [-0.1, -0.05) is 64.2 Å². The molecule has 6 nitrogen and oxygen atoms in total. The van der Waals surface area contributed by atoms with Crippen LogP contribution in [0.1, 0.15) is 113 Å². The van der Waals surface area contributed by atoms with E-state index in [1.807, 2.05) is 26.0 Å². The first kappa shape index (κ1) is 26.8. The molecule has 1 spiro atoms. The monoisotopic (exact) mass is 495 g/mol. The lowest BCUT2D eigenvalue weighted by molar-refractivity contribution is -0.129. The predicted molar refractivity (Wildman–Crippen MR) is 142 cm³/mol. The van der Waals surface area contributed by atoms with Crippen molar-refractivity contribution >= 4 is 18.2 Å². The molecule has 0 radical (unpaired) electrons. The summed E-state index contributed by atoms with van der Waals surface area (Å²) in [5.74, 6) is -0.556. The standard InChI is InChI=1S/C15H18N2O3.C15H27N/c1-3-4-13(14(19)16-9-18)17-8-11-7-10(2)5-6-12(11)15(17)20;1-14(2)10-15(11-14)8-13(9-15)16-12-6-4-3-5-7-12/h5-7,9,13H,3-4,8H2,1-2H3,(H,16,18,19);12-13,16H,3-11H2,1-2H3. The fraction of sp³-hybridized carbons (Fsp3) is 0.700. The zero-order chi connectivity index (χ0) is 25.9. The van der Waals surface area contributed by atoms with E-state index in [1.54, 1.807) is 11.0 Å². The van der Waals surface area contributed by atoms with Gasteiger partial charge in [-0.2, -0.15) is 0 Å². The number of hydrogen-bond donors (Lipinski definition) is 2. The van der Waals surface area contributed by atoms with Crippen molar-refractivity contribution in [1.82, 2.24) is 15.5 Å². The topological polar surface area (TPSA) is 78.5 Å². The molecule has 2 N–H and O–H groups in total. The molecule has 5 rings (SSSR count). The second-order valence-corrected chi connectivity index (χ2v) is 12.6. The zero-order valence-electron chi connectivity index (χ0n) is 22.7. The molecule has 1 unspecified atom stereocenters. The fourth-order valence-corrected chi connectivity index (χ4v) is 7.55. The van der Waals surface area contributed by atoms with Crippen LogP contribution < -0.4 is 10.6 Å². The number of benzene rings is 1. The third kappa shape index (κ3) is 6.01. The van der Waals surface area contributed by atoms with Crippen molar-refractivity contribution in [3.8, 4) is 0 Å². The van der Waals surface area contributed by atoms with Crippen LogP contribution in [0.15, 0.2) is 18.2 Å². The molecule has 1 aromatic carbocycles. The number of aryl methyl sites for hydroxylation is 1. The van der Waals surface area contributed by atoms with E-state index in [-0.39, 0.29) is 5.91 Å². The number of nitrogens with one attached hydrogen (secondary N) is 2. The van der Waals surface area contributed by atoms with Crippen molar-refractivity contribution in [1.29, 1.82) is 0 Å². The van der Waals surface area contributed by atoms with E-state index in [4.69, 9.17) is 0 Å². The molecule has 3 aliphatic carbocycles. The van der Waals surface area contributed by atoms with Crippen LogP contribution in [0, 0.1) is 17.8 Å². The minimum Gasteiger partial charge on any atom is -0.322 e. The molecular weight excluding hydrogens is 450 g/mol. The second kappa shape index (κ2) is 11.0. The minimum atomic E-state index is -0.592. The minimum absolute atomic E-state index is 0.139. The summed E-state index contributed by atoms with van der Waals surface area (Å²) in [7, 11) is 0. The van der Waals surface area contributed by atoms with Gasteiger partial charge in [0.15, 0.2) is 0 Å². The summed E-state index contributed by atoms with van der Waals surface area (Å²) in [5.41, 5.74) is 4.12. The fourth-order valence-electron chi connectivity index (χ4n) is 7.55. The van der Waals surface area contributed by atoms with Crippen LogP contribution in [-0.2, 0) is 16.1 Å². The Bertz CT molecular complexity index is 950. The zero-order valence-corrected chi connectivity index (χ0v) is 22.7. The number of rotatable bonds is 7. The van der Waals surface area contributed by atoms with Gasteiger partial charge in [0.25, 0.3) is 5.91 Å². The molecule has 36 heavy (non-hydrogen) atoms. The van der Waals surface area contributed by atoms with E-state index in [9.17, 15) is 14.4 Å². The van der Waals surface area contributed by atoms with Crippen molar-refractivity contribution in [2.75, 3.05) is 0 Å². The molecule has 0 bridgehead atoms. The van der Waals surface area contributed by atoms with E-state index in [0.717, 1.165) is 35.0 Å². The van der Waals surface area contributed by atoms with Gasteiger partial charge in [-0.05, 0) is 74.3 Å². The van der Waals surface area contributed by atoms with Gasteiger partial charge in [0, 0.05) is 24.2 Å². The lowest BCUT2D eigenvalue weighted by atomic mass is 9.45. The Hall–Kier alpha value is -2.21. The van der Waals surface area contributed by atoms with Crippen LogP contribution in [0.2, 0.25) is 0 Å². The molecule has 1 aromatic rings. The number of nitrogens with zero attached hydrogens (tertiary/aromatic N) is 1. The highest BCUT2D eigenvalue weighted by Gasteiger charge is 2.56. The third-order valence-electron chi connectivity index (χ3n) is 8.68. The van der Waals surface area contributed by atoms with Gasteiger partial charge in [0.1, 0.15) is 6.04 Å². The van der Waals surface area contributed by atoms with Crippen LogP contribution in [0.25, 0.3) is 0 Å². The Morgan fingerprint density at radius 3 is 2.44 bits per heavy atom. The SMILES string of the molecule is CC1(C)CC2(CC(NC3CCCCC3)C2)C1.CCCC(C(=O)NC=O)N1Cc2cc(C)ccc2C1=O. The smallest absolute Gasteiger partial charge is 0.255 e. The first-order valence-electron chi connectivity index (χ1n) is 14.1. The Kier molecular flexibility index (Phi) is 8.23. The summed E-state index contributed by atoms with van der Waals surface area (Å²) in [6.45, 7) is 9.20. The number of hydrogen-bond acceptors (Lipinski definition) is 4. The molecule has 0 saturated heterocycles. The molecule has 0 aromatic heterocycles. The Labute approximate surface area is 217 Å². The lowest BCUT2D eigenvalue weighted by Crippen LogP contribution is -2.59. The molecule has 1 aliphatic heterocycles. The van der Waals surface area contributed by atoms with Crippen LogP contribution in [0.5, 0.6) is 0 Å². The predicted octanol–water partition coefficient (Wildman–Crippen LogP) is 5.27. The number of carbonyl (C=O) groups excluding carboxylic acids is 3. The normalized spacial score (nSPS) is 23.1. The van der Waals surface area contributed by atoms with Gasteiger partial charge >= 0.3 is 0 Å². The molecule has 1 atom stereocenters. The maximum atomic E-state index is 12.4. The van der Waals surface area contributed by atoms with E-state index in [2.05, 4.69) is 24.5 Å². The first-order valence-corrected chi connectivity index (χ1v) is 14.1. The number of carbonyl (C=O) groups is 3. The Morgan fingerprint density at radius 1 is 1.14 bits per heavy atom. The molecule has 3 amide bonds. The molecule has 6 heteroatoms. The van der Waals surface area contributed by atoms with Gasteiger partial charge in [0.2, 0.25) is 12.3 Å². The summed E-state index contributed by atoms with van der Waals surface area (Å²) >= 11 is 0. The Balaban J connectivity index is 0.000000173. The van der Waals surface area contributed by atoms with Crippen molar-refractivity contribution in [3.05, 3.63) is 34.9 Å². The first-order chi connectivity index (χ1) is 17.1. The summed E-state index contributed by atoms with van der Waals surface area (Å²) < 4.78 is 0. The number of fused-ring (bicyclic) bond motifs is 1. The Morgan fingerprint density at radius 2 is 1.83 bits per heavy atom. The van der Waals surface area contributed by atoms with E-state index in [0.29, 0.717) is 30.4 Å². The van der Waals surface area contributed by atoms with E-state index < -0.39 is 11.9 Å². The summed E-state index contributed by atoms with van der Waals surface area (Å²) in [6.07, 6.45) is 14.9. The van der Waals surface area contributed by atoms with Crippen molar-refractivity contribution < 1.29 is 14.4 Å².